The van der Waals surface area contributed by atoms with Gasteiger partial charge in [-0.15, -0.1) is 0 Å². The van der Waals surface area contributed by atoms with Crippen LogP contribution in [-0.2, 0) is 0 Å². The lowest BCUT2D eigenvalue weighted by atomic mass is 10.2. The molecule has 9 heteroatoms. The number of anilines is 3. The zero-order valence-corrected chi connectivity index (χ0v) is 13.6. The molecule has 2 aromatic rings. The van der Waals surface area contributed by atoms with Crippen molar-refractivity contribution in [3.05, 3.63) is 27.8 Å². The first kappa shape index (κ1) is 15.6. The van der Waals surface area contributed by atoms with Gasteiger partial charge in [-0.05, 0) is 15.9 Å². The van der Waals surface area contributed by atoms with E-state index in [9.17, 15) is 0 Å². The Labute approximate surface area is 134 Å². The molecule has 2 rings (SSSR count). The Morgan fingerprint density at radius 2 is 1.95 bits per heavy atom. The molecule has 112 valence electrons. The van der Waals surface area contributed by atoms with Crippen molar-refractivity contribution < 1.29 is 9.47 Å². The quantitative estimate of drug-likeness (QED) is 0.547. The van der Waals surface area contributed by atoms with Crippen molar-refractivity contribution in [1.82, 2.24) is 9.97 Å². The zero-order chi connectivity index (χ0) is 15.4. The Bertz CT molecular complexity index is 656. The second-order valence-corrected chi connectivity index (χ2v) is 5.11. The molecule has 0 fully saturated rings. The minimum Gasteiger partial charge on any atom is -0.495 e. The third kappa shape index (κ3) is 3.46. The molecule has 4 N–H and O–H groups in total. The van der Waals surface area contributed by atoms with Gasteiger partial charge in [-0.2, -0.15) is 4.98 Å². The first-order valence-corrected chi connectivity index (χ1v) is 6.93. The summed E-state index contributed by atoms with van der Waals surface area (Å²) < 4.78 is 11.2. The summed E-state index contributed by atoms with van der Waals surface area (Å²) in [6.07, 6.45) is 1.57. The molecule has 21 heavy (non-hydrogen) atoms. The molecule has 0 saturated heterocycles. The van der Waals surface area contributed by atoms with Gasteiger partial charge in [-0.1, -0.05) is 11.6 Å². The molecule has 1 heterocycles. The number of nitrogens with two attached hydrogens (primary N) is 1. The van der Waals surface area contributed by atoms with Crippen LogP contribution in [0.4, 0.5) is 17.5 Å². The maximum atomic E-state index is 6.07. The van der Waals surface area contributed by atoms with E-state index in [0.717, 1.165) is 0 Å². The lowest BCUT2D eigenvalue weighted by Gasteiger charge is -2.14. The van der Waals surface area contributed by atoms with Crippen LogP contribution in [-0.4, -0.2) is 24.2 Å². The molecule has 0 atom stereocenters. The van der Waals surface area contributed by atoms with Gasteiger partial charge in [0.2, 0.25) is 5.95 Å². The largest absolute Gasteiger partial charge is 0.495 e. The smallest absolute Gasteiger partial charge is 0.239 e. The standard InChI is InChI=1S/C12H13BrClN5O2/c1-20-9-4-8(10(21-2)3-7(9)14)17-11-6(13)5-16-12(18-11)19-15/h3-5H,15H2,1-2H3,(H2,16,17,18,19). The predicted molar refractivity (Wildman–Crippen MR) is 85.4 cm³/mol. The summed E-state index contributed by atoms with van der Waals surface area (Å²) in [4.78, 5) is 8.18. The molecular weight excluding hydrogens is 362 g/mol. The van der Waals surface area contributed by atoms with Gasteiger partial charge in [-0.25, -0.2) is 10.8 Å². The number of rotatable bonds is 5. The van der Waals surface area contributed by atoms with E-state index in [1.165, 1.54) is 7.11 Å². The molecular formula is C12H13BrClN5O2. The number of benzene rings is 1. The van der Waals surface area contributed by atoms with E-state index in [-0.39, 0.29) is 5.95 Å². The predicted octanol–water partition coefficient (Wildman–Crippen LogP) is 2.94. The third-order valence-electron chi connectivity index (χ3n) is 2.60. The molecule has 0 amide bonds. The Kier molecular flexibility index (Phi) is 5.05. The Balaban J connectivity index is 2.43. The van der Waals surface area contributed by atoms with Crippen LogP contribution in [0.15, 0.2) is 22.8 Å². The van der Waals surface area contributed by atoms with E-state index in [1.807, 2.05) is 0 Å². The zero-order valence-electron chi connectivity index (χ0n) is 11.3. The number of nitrogens with zero attached hydrogens (tertiary/aromatic N) is 2. The molecule has 0 spiro atoms. The van der Waals surface area contributed by atoms with E-state index in [2.05, 4.69) is 36.6 Å². The van der Waals surface area contributed by atoms with E-state index >= 15 is 0 Å². The number of ether oxygens (including phenoxy) is 2. The van der Waals surface area contributed by atoms with Crippen molar-refractivity contribution in [3.63, 3.8) is 0 Å². The average molecular weight is 375 g/mol. The van der Waals surface area contributed by atoms with Crippen molar-refractivity contribution in [2.45, 2.75) is 0 Å². The van der Waals surface area contributed by atoms with Gasteiger partial charge in [0.15, 0.2) is 5.82 Å². The highest BCUT2D eigenvalue weighted by atomic mass is 79.9. The van der Waals surface area contributed by atoms with E-state index in [4.69, 9.17) is 26.9 Å². The highest BCUT2D eigenvalue weighted by Crippen LogP contribution is 2.38. The van der Waals surface area contributed by atoms with Gasteiger partial charge >= 0.3 is 0 Å². The molecule has 0 bridgehead atoms. The van der Waals surface area contributed by atoms with Crippen LogP contribution in [0.25, 0.3) is 0 Å². The highest BCUT2D eigenvalue weighted by molar-refractivity contribution is 9.10. The third-order valence-corrected chi connectivity index (χ3v) is 3.48. The summed E-state index contributed by atoms with van der Waals surface area (Å²) in [5, 5.41) is 3.56. The molecule has 7 nitrogen and oxygen atoms in total. The first-order valence-electron chi connectivity index (χ1n) is 5.76. The van der Waals surface area contributed by atoms with Gasteiger partial charge in [0.25, 0.3) is 0 Å². The summed E-state index contributed by atoms with van der Waals surface area (Å²) in [6, 6.07) is 3.37. The lowest BCUT2D eigenvalue weighted by molar-refractivity contribution is 0.405. The van der Waals surface area contributed by atoms with E-state index in [1.54, 1.807) is 25.4 Å². The fourth-order valence-corrected chi connectivity index (χ4v) is 2.13. The minimum atomic E-state index is 0.278. The number of methoxy groups -OCH3 is 2. The van der Waals surface area contributed by atoms with Crippen molar-refractivity contribution in [2.24, 2.45) is 5.84 Å². The van der Waals surface area contributed by atoms with Crippen LogP contribution < -0.4 is 26.1 Å². The number of aromatic nitrogens is 2. The maximum Gasteiger partial charge on any atom is 0.239 e. The van der Waals surface area contributed by atoms with E-state index in [0.29, 0.717) is 32.5 Å². The fourth-order valence-electron chi connectivity index (χ4n) is 1.61. The Morgan fingerprint density at radius 1 is 1.24 bits per heavy atom. The Hall–Kier alpha value is -1.77. The van der Waals surface area contributed by atoms with Gasteiger partial charge in [-0.3, -0.25) is 5.43 Å². The summed E-state index contributed by atoms with van der Waals surface area (Å²) >= 11 is 9.43. The van der Waals surface area contributed by atoms with Crippen molar-refractivity contribution in [2.75, 3.05) is 25.0 Å². The van der Waals surface area contributed by atoms with E-state index < -0.39 is 0 Å². The molecule has 1 aromatic carbocycles. The number of hydrogen-bond acceptors (Lipinski definition) is 7. The van der Waals surface area contributed by atoms with Crippen LogP contribution in [0.3, 0.4) is 0 Å². The number of halogens is 2. The number of nitrogen functional groups attached to an aromatic ring is 1. The molecule has 0 aliphatic carbocycles. The van der Waals surface area contributed by atoms with Crippen molar-refractivity contribution in [3.8, 4) is 11.5 Å². The van der Waals surface area contributed by atoms with Crippen molar-refractivity contribution >= 4 is 45.0 Å². The summed E-state index contributed by atoms with van der Waals surface area (Å²) in [7, 11) is 3.08. The highest BCUT2D eigenvalue weighted by Gasteiger charge is 2.12. The molecule has 0 aliphatic heterocycles. The van der Waals surface area contributed by atoms with Gasteiger partial charge in [0.1, 0.15) is 11.5 Å². The van der Waals surface area contributed by atoms with Crippen molar-refractivity contribution in [1.29, 1.82) is 0 Å². The number of hydrazine groups is 1. The number of nitrogens with one attached hydrogen (secondary N) is 2. The second-order valence-electron chi connectivity index (χ2n) is 3.85. The lowest BCUT2D eigenvalue weighted by Crippen LogP contribution is -2.11. The maximum absolute atomic E-state index is 6.07. The van der Waals surface area contributed by atoms with Gasteiger partial charge in [0.05, 0.1) is 29.4 Å². The average Bonchev–Trinajstić information content (AvgIpc) is 2.50. The fraction of sp³-hybridized carbons (Fsp3) is 0.167. The number of hydrogen-bond donors (Lipinski definition) is 3. The molecule has 1 aromatic heterocycles. The normalized spacial score (nSPS) is 10.1. The topological polar surface area (TPSA) is 94.3 Å². The molecule has 0 unspecified atom stereocenters. The monoisotopic (exact) mass is 373 g/mol. The first-order chi connectivity index (χ1) is 10.1. The molecule has 0 saturated carbocycles. The second kappa shape index (κ2) is 6.79. The van der Waals surface area contributed by atoms with Crippen LogP contribution in [0, 0.1) is 0 Å². The van der Waals surface area contributed by atoms with Crippen LogP contribution in [0.2, 0.25) is 5.02 Å². The van der Waals surface area contributed by atoms with Crippen LogP contribution >= 0.6 is 27.5 Å². The van der Waals surface area contributed by atoms with Gasteiger partial charge in [0, 0.05) is 18.3 Å². The minimum absolute atomic E-state index is 0.278. The van der Waals surface area contributed by atoms with Gasteiger partial charge < -0.3 is 14.8 Å². The Morgan fingerprint density at radius 3 is 2.57 bits per heavy atom. The summed E-state index contributed by atoms with van der Waals surface area (Å²) in [5.74, 6) is 7.16. The summed E-state index contributed by atoms with van der Waals surface area (Å²) in [5.41, 5.74) is 3.02. The van der Waals surface area contributed by atoms with Crippen LogP contribution in [0.1, 0.15) is 0 Å². The SMILES string of the molecule is COc1cc(Nc2nc(NN)ncc2Br)c(OC)cc1Cl. The molecule has 0 radical (unpaired) electrons. The van der Waals surface area contributed by atoms with Crippen LogP contribution in [0.5, 0.6) is 11.5 Å². The molecule has 0 aliphatic rings. The summed E-state index contributed by atoms with van der Waals surface area (Å²) in [6.45, 7) is 0.